The fourth-order valence-electron chi connectivity index (χ4n) is 3.88. The fourth-order valence-corrected chi connectivity index (χ4v) is 3.88. The quantitative estimate of drug-likeness (QED) is 0.680. The first kappa shape index (κ1) is 18.9. The molecule has 27 heavy (non-hydrogen) atoms. The summed E-state index contributed by atoms with van der Waals surface area (Å²) in [7, 11) is 0. The summed E-state index contributed by atoms with van der Waals surface area (Å²) in [4.78, 5) is 49.5. The van der Waals surface area contributed by atoms with Gasteiger partial charge in [-0.05, 0) is 49.9 Å². The summed E-state index contributed by atoms with van der Waals surface area (Å²) in [5.41, 5.74) is 5.01. The van der Waals surface area contributed by atoms with Gasteiger partial charge in [0.25, 0.3) is 5.91 Å². The first-order valence-corrected chi connectivity index (χ1v) is 9.15. The predicted molar refractivity (Wildman–Crippen MR) is 98.8 cm³/mol. The van der Waals surface area contributed by atoms with Crippen LogP contribution in [0, 0.1) is 5.92 Å². The van der Waals surface area contributed by atoms with E-state index in [4.69, 9.17) is 5.73 Å². The van der Waals surface area contributed by atoms with Gasteiger partial charge in [-0.2, -0.15) is 0 Å². The zero-order chi connectivity index (χ0) is 19.6. The van der Waals surface area contributed by atoms with Gasteiger partial charge < -0.3 is 16.4 Å². The molecule has 8 heteroatoms. The number of nitrogens with one attached hydrogen (secondary N) is 2. The van der Waals surface area contributed by atoms with Crippen molar-refractivity contribution in [3.63, 3.8) is 0 Å². The number of imide groups is 1. The normalized spacial score (nSPS) is 23.2. The van der Waals surface area contributed by atoms with Gasteiger partial charge in [-0.1, -0.05) is 19.3 Å². The molecule has 0 unspecified atom stereocenters. The van der Waals surface area contributed by atoms with E-state index >= 15 is 0 Å². The molecule has 1 aromatic carbocycles. The predicted octanol–water partition coefficient (Wildman–Crippen LogP) is 1.61. The van der Waals surface area contributed by atoms with E-state index < -0.39 is 23.4 Å². The number of anilines is 1. The Kier molecular flexibility index (Phi) is 5.16. The monoisotopic (exact) mass is 372 g/mol. The first-order valence-electron chi connectivity index (χ1n) is 9.15. The molecule has 0 bridgehead atoms. The molecule has 5 amide bonds. The lowest BCUT2D eigenvalue weighted by molar-refractivity contribution is -0.135. The molecule has 2 aliphatic rings. The van der Waals surface area contributed by atoms with Crippen LogP contribution in [0.5, 0.6) is 0 Å². The number of amides is 5. The first-order chi connectivity index (χ1) is 12.8. The number of nitrogens with two attached hydrogens (primary N) is 1. The molecule has 144 valence electrons. The highest BCUT2D eigenvalue weighted by molar-refractivity contribution is 6.10. The lowest BCUT2D eigenvalue weighted by atomic mass is 9.75. The second-order valence-electron chi connectivity index (χ2n) is 7.35. The Morgan fingerprint density at radius 1 is 1.19 bits per heavy atom. The summed E-state index contributed by atoms with van der Waals surface area (Å²) >= 11 is 0. The summed E-state index contributed by atoms with van der Waals surface area (Å²) < 4.78 is 0. The largest absolute Gasteiger partial charge is 0.366 e. The molecule has 1 saturated carbocycles. The third-order valence-electron chi connectivity index (χ3n) is 5.48. The Labute approximate surface area is 157 Å². The third kappa shape index (κ3) is 3.79. The topological polar surface area (TPSA) is 122 Å². The van der Waals surface area contributed by atoms with Gasteiger partial charge in [0.05, 0.1) is 0 Å². The molecule has 8 nitrogen and oxygen atoms in total. The molecule has 2 fully saturated rings. The van der Waals surface area contributed by atoms with Crippen LogP contribution in [0.3, 0.4) is 0 Å². The Morgan fingerprint density at radius 3 is 2.41 bits per heavy atom. The number of urea groups is 1. The molecule has 0 spiro atoms. The van der Waals surface area contributed by atoms with Crippen LogP contribution in [-0.4, -0.2) is 40.7 Å². The van der Waals surface area contributed by atoms with Gasteiger partial charge in [-0.15, -0.1) is 0 Å². The molecular formula is C19H24N4O4. The summed E-state index contributed by atoms with van der Waals surface area (Å²) in [6, 6.07) is 5.52. The van der Waals surface area contributed by atoms with Crippen molar-refractivity contribution in [2.75, 3.05) is 11.9 Å². The lowest BCUT2D eigenvalue weighted by Gasteiger charge is -2.34. The maximum atomic E-state index is 12.9. The van der Waals surface area contributed by atoms with E-state index in [9.17, 15) is 19.2 Å². The minimum absolute atomic E-state index is 0.0945. The number of carbonyl (C=O) groups excluding carboxylic acids is 4. The number of hydrogen-bond donors (Lipinski definition) is 3. The molecule has 1 atom stereocenters. The second kappa shape index (κ2) is 7.38. The van der Waals surface area contributed by atoms with Crippen molar-refractivity contribution in [3.05, 3.63) is 29.8 Å². The van der Waals surface area contributed by atoms with E-state index in [2.05, 4.69) is 10.6 Å². The van der Waals surface area contributed by atoms with Crippen molar-refractivity contribution >= 4 is 29.4 Å². The number of rotatable bonds is 5. The number of carbonyl (C=O) groups is 4. The SMILES string of the molecule is C[C@@]1(C2CCCCC2)NC(=O)N(CC(=O)Nc2ccc(C(N)=O)cc2)C1=O. The highest BCUT2D eigenvalue weighted by Crippen LogP contribution is 2.36. The van der Waals surface area contributed by atoms with Crippen LogP contribution in [0.4, 0.5) is 10.5 Å². The molecule has 1 aliphatic heterocycles. The third-order valence-corrected chi connectivity index (χ3v) is 5.48. The molecule has 3 rings (SSSR count). The van der Waals surface area contributed by atoms with Crippen LogP contribution in [0.2, 0.25) is 0 Å². The lowest BCUT2D eigenvalue weighted by Crippen LogP contribution is -2.51. The molecule has 0 aromatic heterocycles. The maximum Gasteiger partial charge on any atom is 0.325 e. The number of benzene rings is 1. The summed E-state index contributed by atoms with van der Waals surface area (Å²) in [5, 5.41) is 5.41. The summed E-state index contributed by atoms with van der Waals surface area (Å²) in [6.45, 7) is 1.40. The van der Waals surface area contributed by atoms with E-state index in [1.165, 1.54) is 24.3 Å². The second-order valence-corrected chi connectivity index (χ2v) is 7.35. The van der Waals surface area contributed by atoms with Gasteiger partial charge >= 0.3 is 6.03 Å². The maximum absolute atomic E-state index is 12.9. The molecule has 0 radical (unpaired) electrons. The van der Waals surface area contributed by atoms with Crippen molar-refractivity contribution in [2.24, 2.45) is 11.7 Å². The van der Waals surface area contributed by atoms with Gasteiger partial charge in [0.15, 0.2) is 0 Å². The highest BCUT2D eigenvalue weighted by Gasteiger charge is 2.52. The molecule has 1 aromatic rings. The fraction of sp³-hybridized carbons (Fsp3) is 0.474. The Morgan fingerprint density at radius 2 is 1.81 bits per heavy atom. The Balaban J connectivity index is 1.64. The Hall–Kier alpha value is -2.90. The summed E-state index contributed by atoms with van der Waals surface area (Å²) in [6.07, 6.45) is 5.04. The van der Waals surface area contributed by atoms with Crippen LogP contribution in [0.15, 0.2) is 24.3 Å². The minimum Gasteiger partial charge on any atom is -0.366 e. The van der Waals surface area contributed by atoms with Crippen LogP contribution < -0.4 is 16.4 Å². The van der Waals surface area contributed by atoms with E-state index in [1.54, 1.807) is 6.92 Å². The van der Waals surface area contributed by atoms with E-state index in [1.807, 2.05) is 0 Å². The van der Waals surface area contributed by atoms with Gasteiger partial charge in [-0.25, -0.2) is 4.79 Å². The van der Waals surface area contributed by atoms with Crippen LogP contribution in [-0.2, 0) is 9.59 Å². The zero-order valence-electron chi connectivity index (χ0n) is 15.3. The van der Waals surface area contributed by atoms with E-state index in [0.29, 0.717) is 11.3 Å². The van der Waals surface area contributed by atoms with Crippen molar-refractivity contribution < 1.29 is 19.2 Å². The number of hydrogen-bond acceptors (Lipinski definition) is 4. The molecule has 1 aliphatic carbocycles. The van der Waals surface area contributed by atoms with E-state index in [-0.39, 0.29) is 18.4 Å². The van der Waals surface area contributed by atoms with Crippen molar-refractivity contribution in [1.82, 2.24) is 10.2 Å². The van der Waals surface area contributed by atoms with Crippen molar-refractivity contribution in [3.8, 4) is 0 Å². The van der Waals surface area contributed by atoms with Gasteiger partial charge in [-0.3, -0.25) is 19.3 Å². The Bertz CT molecular complexity index is 770. The molecule has 1 heterocycles. The van der Waals surface area contributed by atoms with E-state index in [0.717, 1.165) is 37.0 Å². The average Bonchev–Trinajstić information content (AvgIpc) is 2.87. The number of primary amides is 1. The highest BCUT2D eigenvalue weighted by atomic mass is 16.2. The van der Waals surface area contributed by atoms with Gasteiger partial charge in [0.2, 0.25) is 11.8 Å². The number of nitrogens with zero attached hydrogens (tertiary/aromatic N) is 1. The van der Waals surface area contributed by atoms with Crippen molar-refractivity contribution in [1.29, 1.82) is 0 Å². The van der Waals surface area contributed by atoms with Crippen molar-refractivity contribution in [2.45, 2.75) is 44.6 Å². The molecular weight excluding hydrogens is 348 g/mol. The summed E-state index contributed by atoms with van der Waals surface area (Å²) in [5.74, 6) is -1.30. The van der Waals surface area contributed by atoms with Crippen LogP contribution in [0.1, 0.15) is 49.4 Å². The zero-order valence-corrected chi connectivity index (χ0v) is 15.3. The van der Waals surface area contributed by atoms with Gasteiger partial charge in [0.1, 0.15) is 12.1 Å². The van der Waals surface area contributed by atoms with Crippen LogP contribution in [0.25, 0.3) is 0 Å². The van der Waals surface area contributed by atoms with Crippen LogP contribution >= 0.6 is 0 Å². The minimum atomic E-state index is -0.944. The standard InChI is InChI=1S/C19H24N4O4/c1-19(13-5-3-2-4-6-13)17(26)23(18(27)22-19)11-15(24)21-14-9-7-12(8-10-14)16(20)25/h7-10,13H,2-6,11H2,1H3,(H2,20,25)(H,21,24)(H,22,27)/t19-/m0/s1. The average molecular weight is 372 g/mol. The van der Waals surface area contributed by atoms with Gasteiger partial charge in [0, 0.05) is 11.3 Å². The molecule has 1 saturated heterocycles. The molecule has 4 N–H and O–H groups in total. The smallest absolute Gasteiger partial charge is 0.325 e.